The quantitative estimate of drug-likeness (QED) is 0.357. The maximum Gasteiger partial charge on any atom is 0.130 e. The molecule has 0 aliphatic carbocycles. The second kappa shape index (κ2) is 9.61. The van der Waals surface area contributed by atoms with Gasteiger partial charge in [-0.1, -0.05) is 19.8 Å². The van der Waals surface area contributed by atoms with Crippen molar-refractivity contribution in [2.75, 3.05) is 0 Å². The monoisotopic (exact) mass is 342 g/mol. The van der Waals surface area contributed by atoms with Gasteiger partial charge in [0.2, 0.25) is 0 Å². The highest BCUT2D eigenvalue weighted by Crippen LogP contribution is 2.03. The predicted octanol–water partition coefficient (Wildman–Crippen LogP) is 2.74. The van der Waals surface area contributed by atoms with Crippen molar-refractivity contribution in [2.45, 2.75) is 13.8 Å². The lowest BCUT2D eigenvalue weighted by atomic mass is 10.2. The molecule has 0 fully saturated rings. The zero-order valence-corrected chi connectivity index (χ0v) is 13.6. The fraction of sp³-hybridized carbons (Fsp3) is 0.143. The van der Waals surface area contributed by atoms with Crippen LogP contribution in [0.1, 0.15) is 19.4 Å². The molecular weight excluding hydrogens is 326 g/mol. The molecule has 5 heteroatoms. The molecule has 0 radical (unpaired) electrons. The van der Waals surface area contributed by atoms with Crippen LogP contribution in [0.3, 0.4) is 0 Å². The van der Waals surface area contributed by atoms with Crippen LogP contribution in [0.2, 0.25) is 0 Å². The average molecular weight is 343 g/mol. The molecule has 19 heavy (non-hydrogen) atoms. The number of allylic oxidation sites excluding steroid dienone is 3. The van der Waals surface area contributed by atoms with Crippen LogP contribution in [0.15, 0.2) is 40.7 Å². The van der Waals surface area contributed by atoms with E-state index in [-0.39, 0.29) is 5.82 Å². The van der Waals surface area contributed by atoms with E-state index in [1.165, 1.54) is 6.07 Å². The van der Waals surface area contributed by atoms with Gasteiger partial charge in [-0.3, -0.25) is 0 Å². The molecule has 0 saturated carbocycles. The zero-order chi connectivity index (χ0) is 14.8. The molecule has 2 nitrogen and oxygen atoms in total. The summed E-state index contributed by atoms with van der Waals surface area (Å²) in [5.74, 6) is 5.29. The van der Waals surface area contributed by atoms with Gasteiger partial charge >= 0.3 is 0 Å². The van der Waals surface area contributed by atoms with Gasteiger partial charge in [-0.2, -0.15) is 0 Å². The van der Waals surface area contributed by atoms with Crippen molar-refractivity contribution in [1.29, 1.82) is 0 Å². The zero-order valence-electron chi connectivity index (χ0n) is 10.9. The molecule has 0 spiro atoms. The molecule has 0 saturated heterocycles. The highest BCUT2D eigenvalue weighted by atomic mass is 79.9. The normalized spacial score (nSPS) is 11.0. The minimum atomic E-state index is -0.279. The van der Waals surface area contributed by atoms with E-state index in [9.17, 15) is 4.39 Å². The average Bonchev–Trinajstić information content (AvgIpc) is 2.40. The maximum absolute atomic E-state index is 13.0. The third-order valence-electron chi connectivity index (χ3n) is 1.77. The van der Waals surface area contributed by atoms with Crippen LogP contribution in [-0.4, -0.2) is 0 Å². The van der Waals surface area contributed by atoms with Gasteiger partial charge in [-0.15, -0.1) is 9.24 Å². The number of nitrogens with two attached hydrogens (primary N) is 2. The lowest BCUT2D eigenvalue weighted by molar-refractivity contribution is 0.636. The standard InChI is InChI=1S/C12H11BrFN2P.C2H6/c13-12(16)6-4-9(15)3-1-8-2-5-10(14)11(17)7-8;1-2/h2,4-7H,15-17H2;1-2H3/b9-4-,12-6-;. The van der Waals surface area contributed by atoms with Crippen LogP contribution in [0.5, 0.6) is 0 Å². The summed E-state index contributed by atoms with van der Waals surface area (Å²) in [5, 5.41) is 0.476. The summed E-state index contributed by atoms with van der Waals surface area (Å²) >= 11 is 3.06. The van der Waals surface area contributed by atoms with E-state index in [0.717, 1.165) is 0 Å². The summed E-state index contributed by atoms with van der Waals surface area (Å²) in [6.07, 6.45) is 3.18. The lowest BCUT2D eigenvalue weighted by Gasteiger charge is -1.95. The Morgan fingerprint density at radius 3 is 2.47 bits per heavy atom. The summed E-state index contributed by atoms with van der Waals surface area (Å²) in [7, 11) is 2.31. The smallest absolute Gasteiger partial charge is 0.130 e. The largest absolute Gasteiger partial charge is 0.393 e. The SMILES string of the molecule is CC.N/C(C#Cc1ccc(F)c(P)c1)=C\C=C(/N)Br. The second-order valence-electron chi connectivity index (χ2n) is 3.16. The van der Waals surface area contributed by atoms with E-state index in [1.54, 1.807) is 24.3 Å². The Bertz CT molecular complexity index is 538. The number of hydrogen-bond donors (Lipinski definition) is 2. The third-order valence-corrected chi connectivity index (χ3v) is 2.48. The highest BCUT2D eigenvalue weighted by Gasteiger charge is 1.96. The molecule has 0 aliphatic heterocycles. The first-order valence-corrected chi connectivity index (χ1v) is 7.01. The van der Waals surface area contributed by atoms with Gasteiger partial charge in [0.05, 0.1) is 10.3 Å². The molecule has 4 N–H and O–H groups in total. The molecule has 1 rings (SSSR count). The first-order chi connectivity index (χ1) is 8.99. The van der Waals surface area contributed by atoms with Crippen molar-refractivity contribution in [3.05, 3.63) is 52.0 Å². The van der Waals surface area contributed by atoms with Crippen molar-refractivity contribution in [3.8, 4) is 11.8 Å². The molecule has 0 amide bonds. The minimum Gasteiger partial charge on any atom is -0.393 e. The first-order valence-electron chi connectivity index (χ1n) is 5.64. The van der Waals surface area contributed by atoms with Gasteiger partial charge in [0, 0.05) is 10.9 Å². The Morgan fingerprint density at radius 1 is 1.32 bits per heavy atom. The number of hydrogen-bond acceptors (Lipinski definition) is 2. The Morgan fingerprint density at radius 2 is 1.95 bits per heavy atom. The van der Waals surface area contributed by atoms with Crippen LogP contribution in [0.25, 0.3) is 0 Å². The topological polar surface area (TPSA) is 52.0 Å². The van der Waals surface area contributed by atoms with Gasteiger partial charge in [-0.05, 0) is 52.2 Å². The van der Waals surface area contributed by atoms with E-state index in [2.05, 4.69) is 37.0 Å². The Labute approximate surface area is 124 Å². The molecule has 1 atom stereocenters. The third kappa shape index (κ3) is 7.66. The molecule has 1 aromatic carbocycles. The molecular formula is C14H17BrFN2P. The molecule has 0 aliphatic rings. The van der Waals surface area contributed by atoms with Gasteiger partial charge in [0.15, 0.2) is 0 Å². The Balaban J connectivity index is 0.00000154. The maximum atomic E-state index is 13.0. The lowest BCUT2D eigenvalue weighted by Crippen LogP contribution is -1.98. The predicted molar refractivity (Wildman–Crippen MR) is 87.4 cm³/mol. The summed E-state index contributed by atoms with van der Waals surface area (Å²) in [5.41, 5.74) is 12.1. The fourth-order valence-electron chi connectivity index (χ4n) is 0.977. The van der Waals surface area contributed by atoms with E-state index in [1.807, 2.05) is 13.8 Å². The molecule has 1 unspecified atom stereocenters. The highest BCUT2D eigenvalue weighted by molar-refractivity contribution is 9.11. The van der Waals surface area contributed by atoms with Crippen LogP contribution >= 0.6 is 25.2 Å². The van der Waals surface area contributed by atoms with Crippen molar-refractivity contribution < 1.29 is 4.39 Å². The summed E-state index contributed by atoms with van der Waals surface area (Å²) in [6, 6.07) is 4.59. The van der Waals surface area contributed by atoms with Gasteiger partial charge < -0.3 is 11.5 Å². The van der Waals surface area contributed by atoms with Gasteiger partial charge in [0.25, 0.3) is 0 Å². The summed E-state index contributed by atoms with van der Waals surface area (Å²) in [6.45, 7) is 4.00. The minimum absolute atomic E-state index is 0.279. The van der Waals surface area contributed by atoms with Gasteiger partial charge in [-0.25, -0.2) is 4.39 Å². The summed E-state index contributed by atoms with van der Waals surface area (Å²) in [4.78, 5) is 0. The van der Waals surface area contributed by atoms with Crippen molar-refractivity contribution in [1.82, 2.24) is 0 Å². The number of rotatable bonds is 1. The molecule has 0 heterocycles. The molecule has 0 aromatic heterocycles. The van der Waals surface area contributed by atoms with Crippen molar-refractivity contribution in [3.63, 3.8) is 0 Å². The van der Waals surface area contributed by atoms with Crippen LogP contribution in [-0.2, 0) is 0 Å². The van der Waals surface area contributed by atoms with E-state index in [0.29, 0.717) is 21.2 Å². The first kappa shape index (κ1) is 17.7. The van der Waals surface area contributed by atoms with E-state index < -0.39 is 0 Å². The second-order valence-corrected chi connectivity index (χ2v) is 4.70. The summed E-state index contributed by atoms with van der Waals surface area (Å²) < 4.78 is 13.4. The van der Waals surface area contributed by atoms with Crippen molar-refractivity contribution in [2.24, 2.45) is 11.5 Å². The van der Waals surface area contributed by atoms with E-state index in [4.69, 9.17) is 11.5 Å². The Hall–Kier alpha value is -1.30. The van der Waals surface area contributed by atoms with Crippen LogP contribution in [0, 0.1) is 17.7 Å². The van der Waals surface area contributed by atoms with Crippen molar-refractivity contribution >= 4 is 30.5 Å². The number of benzene rings is 1. The Kier molecular flexibility index (Phi) is 8.95. The molecule has 102 valence electrons. The van der Waals surface area contributed by atoms with Crippen LogP contribution in [0.4, 0.5) is 4.39 Å². The number of halogens is 2. The van der Waals surface area contributed by atoms with Crippen LogP contribution < -0.4 is 16.8 Å². The molecule has 0 bridgehead atoms. The van der Waals surface area contributed by atoms with E-state index >= 15 is 0 Å². The van der Waals surface area contributed by atoms with Gasteiger partial charge in [0.1, 0.15) is 5.82 Å². The molecule has 1 aromatic rings. The fourth-order valence-corrected chi connectivity index (χ4v) is 1.38.